The molecule has 0 N–H and O–H groups in total. The van der Waals surface area contributed by atoms with Crippen molar-refractivity contribution in [1.82, 2.24) is 4.98 Å². The Morgan fingerprint density at radius 3 is 2.41 bits per heavy atom. The number of pyridine rings is 1. The Hall–Kier alpha value is -2.14. The number of rotatable bonds is 1. The zero-order chi connectivity index (χ0) is 12.4. The third-order valence-corrected chi connectivity index (χ3v) is 3.07. The summed E-state index contributed by atoms with van der Waals surface area (Å²) in [5.41, 5.74) is 6.41. The molecule has 0 aliphatic rings. The minimum atomic E-state index is 0.624. The van der Waals surface area contributed by atoms with Gasteiger partial charge in [0.15, 0.2) is 0 Å². The van der Waals surface area contributed by atoms with Crippen LogP contribution in [0.2, 0.25) is 0 Å². The van der Waals surface area contributed by atoms with E-state index in [1.54, 1.807) is 12.4 Å². The van der Waals surface area contributed by atoms with Crippen LogP contribution in [0.15, 0.2) is 30.6 Å². The monoisotopic (exact) mass is 222 g/mol. The van der Waals surface area contributed by atoms with Crippen LogP contribution in [0.1, 0.15) is 22.3 Å². The summed E-state index contributed by atoms with van der Waals surface area (Å²) in [6, 6.07) is 8.39. The Balaban J connectivity index is 2.69. The molecular weight excluding hydrogens is 208 g/mol. The number of benzene rings is 1. The van der Waals surface area contributed by atoms with E-state index in [0.717, 1.165) is 11.1 Å². The van der Waals surface area contributed by atoms with Crippen molar-refractivity contribution >= 4 is 0 Å². The number of hydrogen-bond acceptors (Lipinski definition) is 2. The Morgan fingerprint density at radius 1 is 1.00 bits per heavy atom. The van der Waals surface area contributed by atoms with Crippen LogP contribution in [0, 0.1) is 32.1 Å². The summed E-state index contributed by atoms with van der Waals surface area (Å²) in [6.45, 7) is 6.26. The molecule has 2 rings (SSSR count). The van der Waals surface area contributed by atoms with Crippen LogP contribution in [0.25, 0.3) is 11.1 Å². The van der Waals surface area contributed by atoms with Crippen molar-refractivity contribution < 1.29 is 0 Å². The van der Waals surface area contributed by atoms with Crippen molar-refractivity contribution in [2.24, 2.45) is 0 Å². The summed E-state index contributed by atoms with van der Waals surface area (Å²) < 4.78 is 0. The Morgan fingerprint density at radius 2 is 1.71 bits per heavy atom. The summed E-state index contributed by atoms with van der Waals surface area (Å²) in [6.07, 6.45) is 3.34. The molecule has 0 bridgehead atoms. The molecule has 0 aliphatic carbocycles. The SMILES string of the molecule is Cc1cc(C)c(-c2ccncc2C#N)cc1C. The lowest BCUT2D eigenvalue weighted by Crippen LogP contribution is -1.92. The van der Waals surface area contributed by atoms with Crippen LogP contribution in [0.5, 0.6) is 0 Å². The number of hydrogen-bond donors (Lipinski definition) is 0. The topological polar surface area (TPSA) is 36.7 Å². The Kier molecular flexibility index (Phi) is 2.93. The van der Waals surface area contributed by atoms with Crippen LogP contribution < -0.4 is 0 Å². The first-order valence-electron chi connectivity index (χ1n) is 5.56. The third-order valence-electron chi connectivity index (χ3n) is 3.07. The lowest BCUT2D eigenvalue weighted by molar-refractivity contribution is 1.27. The Labute approximate surface area is 102 Å². The smallest absolute Gasteiger partial charge is 0.101 e. The molecule has 0 unspecified atom stereocenters. The van der Waals surface area contributed by atoms with Crippen molar-refractivity contribution in [1.29, 1.82) is 5.26 Å². The van der Waals surface area contributed by atoms with Gasteiger partial charge in [-0.3, -0.25) is 4.98 Å². The van der Waals surface area contributed by atoms with Crippen molar-refractivity contribution in [3.8, 4) is 17.2 Å². The van der Waals surface area contributed by atoms with Gasteiger partial charge in [0.25, 0.3) is 0 Å². The molecule has 84 valence electrons. The van der Waals surface area contributed by atoms with E-state index in [-0.39, 0.29) is 0 Å². The van der Waals surface area contributed by atoms with Gasteiger partial charge in [-0.1, -0.05) is 12.1 Å². The largest absolute Gasteiger partial charge is 0.263 e. The molecule has 1 heterocycles. The van der Waals surface area contributed by atoms with E-state index in [4.69, 9.17) is 5.26 Å². The minimum Gasteiger partial charge on any atom is -0.263 e. The second-order valence-corrected chi connectivity index (χ2v) is 4.28. The van der Waals surface area contributed by atoms with Crippen molar-refractivity contribution in [3.63, 3.8) is 0 Å². The fourth-order valence-electron chi connectivity index (χ4n) is 1.97. The van der Waals surface area contributed by atoms with Gasteiger partial charge in [0.2, 0.25) is 0 Å². The van der Waals surface area contributed by atoms with E-state index >= 15 is 0 Å². The lowest BCUT2D eigenvalue weighted by atomic mass is 9.94. The normalized spacial score (nSPS) is 10.0. The summed E-state index contributed by atoms with van der Waals surface area (Å²) >= 11 is 0. The predicted octanol–water partition coefficient (Wildman–Crippen LogP) is 3.55. The molecule has 0 fully saturated rings. The third kappa shape index (κ3) is 2.05. The van der Waals surface area contributed by atoms with Gasteiger partial charge >= 0.3 is 0 Å². The molecule has 0 radical (unpaired) electrons. The molecule has 1 aromatic heterocycles. The first-order chi connectivity index (χ1) is 8.13. The van der Waals surface area contributed by atoms with E-state index < -0.39 is 0 Å². The van der Waals surface area contributed by atoms with Crippen LogP contribution in [0.4, 0.5) is 0 Å². The summed E-state index contributed by atoms with van der Waals surface area (Å²) in [5.74, 6) is 0. The molecule has 0 amide bonds. The summed E-state index contributed by atoms with van der Waals surface area (Å²) in [7, 11) is 0. The van der Waals surface area contributed by atoms with Gasteiger partial charge in [0.1, 0.15) is 6.07 Å². The standard InChI is InChI=1S/C15H14N2/c1-10-6-12(3)15(7-11(10)2)14-4-5-17-9-13(14)8-16/h4-7,9H,1-3H3. The maximum Gasteiger partial charge on any atom is 0.101 e. The van der Waals surface area contributed by atoms with Crippen LogP contribution >= 0.6 is 0 Å². The maximum atomic E-state index is 9.10. The molecule has 2 nitrogen and oxygen atoms in total. The molecule has 1 aromatic carbocycles. The van der Waals surface area contributed by atoms with Gasteiger partial charge in [-0.15, -0.1) is 0 Å². The van der Waals surface area contributed by atoms with E-state index in [9.17, 15) is 0 Å². The maximum absolute atomic E-state index is 9.10. The second-order valence-electron chi connectivity index (χ2n) is 4.28. The van der Waals surface area contributed by atoms with Gasteiger partial charge in [0, 0.05) is 18.0 Å². The highest BCUT2D eigenvalue weighted by Crippen LogP contribution is 2.28. The van der Waals surface area contributed by atoms with E-state index in [1.807, 2.05) is 6.07 Å². The zero-order valence-corrected chi connectivity index (χ0v) is 10.3. The fourth-order valence-corrected chi connectivity index (χ4v) is 1.97. The van der Waals surface area contributed by atoms with Crippen molar-refractivity contribution in [3.05, 3.63) is 52.8 Å². The molecule has 0 aliphatic heterocycles. The van der Waals surface area contributed by atoms with E-state index in [0.29, 0.717) is 5.56 Å². The highest BCUT2D eigenvalue weighted by Gasteiger charge is 2.08. The fraction of sp³-hybridized carbons (Fsp3) is 0.200. The molecule has 17 heavy (non-hydrogen) atoms. The van der Waals surface area contributed by atoms with Crippen molar-refractivity contribution in [2.75, 3.05) is 0 Å². The van der Waals surface area contributed by atoms with Crippen LogP contribution in [-0.2, 0) is 0 Å². The number of nitrogens with zero attached hydrogens (tertiary/aromatic N) is 2. The lowest BCUT2D eigenvalue weighted by Gasteiger charge is -2.10. The van der Waals surface area contributed by atoms with E-state index in [1.165, 1.54) is 16.7 Å². The number of aromatic nitrogens is 1. The minimum absolute atomic E-state index is 0.624. The molecule has 0 saturated carbocycles. The average molecular weight is 222 g/mol. The Bertz CT molecular complexity index is 607. The zero-order valence-electron chi connectivity index (χ0n) is 10.3. The van der Waals surface area contributed by atoms with E-state index in [2.05, 4.69) is 44.0 Å². The molecule has 2 heteroatoms. The summed E-state index contributed by atoms with van der Waals surface area (Å²) in [4.78, 5) is 3.99. The molecule has 0 spiro atoms. The number of aryl methyl sites for hydroxylation is 3. The molecule has 0 saturated heterocycles. The van der Waals surface area contributed by atoms with Crippen molar-refractivity contribution in [2.45, 2.75) is 20.8 Å². The van der Waals surface area contributed by atoms with Gasteiger partial charge in [0.05, 0.1) is 5.56 Å². The van der Waals surface area contributed by atoms with Crippen LogP contribution in [0.3, 0.4) is 0 Å². The summed E-state index contributed by atoms with van der Waals surface area (Å²) in [5, 5.41) is 9.10. The highest BCUT2D eigenvalue weighted by molar-refractivity contribution is 5.73. The first kappa shape index (κ1) is 11.3. The van der Waals surface area contributed by atoms with Crippen LogP contribution in [-0.4, -0.2) is 4.98 Å². The molecule has 2 aromatic rings. The quantitative estimate of drug-likeness (QED) is 0.739. The predicted molar refractivity (Wildman–Crippen MR) is 68.6 cm³/mol. The molecule has 0 atom stereocenters. The molecular formula is C15H14N2. The average Bonchev–Trinajstić information content (AvgIpc) is 2.34. The van der Waals surface area contributed by atoms with Gasteiger partial charge in [-0.25, -0.2) is 0 Å². The first-order valence-corrected chi connectivity index (χ1v) is 5.56. The van der Waals surface area contributed by atoms with Gasteiger partial charge in [-0.05, 0) is 49.1 Å². The highest BCUT2D eigenvalue weighted by atomic mass is 14.6. The second kappa shape index (κ2) is 4.39. The van der Waals surface area contributed by atoms with Gasteiger partial charge in [-0.2, -0.15) is 5.26 Å². The van der Waals surface area contributed by atoms with Gasteiger partial charge < -0.3 is 0 Å². The number of nitriles is 1.